The van der Waals surface area contributed by atoms with Crippen molar-refractivity contribution in [1.82, 2.24) is 0 Å². The SMILES string of the molecule is C[C@H]1COC2(C)CCC1C2(O)CO[Si](C)(C)C(C)(C)C. The third-order valence-corrected chi connectivity index (χ3v) is 10.8. The largest absolute Gasteiger partial charge is 0.414 e. The first-order valence-electron chi connectivity index (χ1n) is 7.93. The van der Waals surface area contributed by atoms with Crippen molar-refractivity contribution in [2.45, 2.75) is 76.8 Å². The predicted octanol–water partition coefficient (Wildman–Crippen LogP) is 3.57. The molecule has 0 spiro atoms. The molecule has 1 N–H and O–H groups in total. The first-order valence-corrected chi connectivity index (χ1v) is 10.8. The van der Waals surface area contributed by atoms with Crippen LogP contribution in [-0.2, 0) is 9.16 Å². The second-order valence-electron chi connectivity index (χ2n) is 8.64. The molecule has 3 unspecified atom stereocenters. The van der Waals surface area contributed by atoms with Crippen molar-refractivity contribution >= 4 is 8.32 Å². The fourth-order valence-electron chi connectivity index (χ4n) is 3.43. The molecule has 2 aliphatic rings. The van der Waals surface area contributed by atoms with Crippen LogP contribution in [0.3, 0.4) is 0 Å². The lowest BCUT2D eigenvalue weighted by Crippen LogP contribution is -2.62. The summed E-state index contributed by atoms with van der Waals surface area (Å²) in [6.07, 6.45) is 1.99. The molecule has 0 radical (unpaired) electrons. The first kappa shape index (κ1) is 16.5. The standard InChI is InChI=1S/C16H32O3Si/c1-12-10-18-15(5)9-8-13(12)16(15,17)11-19-20(6,7)14(2,3)4/h12-13,17H,8-11H2,1-7H3/t12-,13?,15?,16?/m0/s1. The van der Waals surface area contributed by atoms with E-state index in [4.69, 9.17) is 9.16 Å². The predicted molar refractivity (Wildman–Crippen MR) is 84.3 cm³/mol. The highest BCUT2D eigenvalue weighted by Crippen LogP contribution is 2.53. The summed E-state index contributed by atoms with van der Waals surface area (Å²) in [5, 5.41) is 11.5. The lowest BCUT2D eigenvalue weighted by atomic mass is 9.74. The average Bonchev–Trinajstić information content (AvgIpc) is 2.44. The summed E-state index contributed by atoms with van der Waals surface area (Å²) in [4.78, 5) is 0. The maximum atomic E-state index is 11.3. The molecule has 2 bridgehead atoms. The molecule has 1 saturated carbocycles. The zero-order valence-electron chi connectivity index (χ0n) is 14.2. The van der Waals surface area contributed by atoms with Crippen LogP contribution in [-0.4, -0.2) is 37.8 Å². The van der Waals surface area contributed by atoms with Gasteiger partial charge in [-0.2, -0.15) is 0 Å². The van der Waals surface area contributed by atoms with Gasteiger partial charge in [-0.05, 0) is 49.7 Å². The Morgan fingerprint density at radius 2 is 1.95 bits per heavy atom. The highest BCUT2D eigenvalue weighted by molar-refractivity contribution is 6.74. The summed E-state index contributed by atoms with van der Waals surface area (Å²) in [5.74, 6) is 0.726. The maximum Gasteiger partial charge on any atom is 0.192 e. The van der Waals surface area contributed by atoms with E-state index in [1.54, 1.807) is 0 Å². The third-order valence-electron chi connectivity index (χ3n) is 6.27. The van der Waals surface area contributed by atoms with Gasteiger partial charge in [-0.25, -0.2) is 0 Å². The summed E-state index contributed by atoms with van der Waals surface area (Å²) >= 11 is 0. The summed E-state index contributed by atoms with van der Waals surface area (Å²) in [6.45, 7) is 16.6. The summed E-state index contributed by atoms with van der Waals surface area (Å²) in [5.41, 5.74) is -1.24. The van der Waals surface area contributed by atoms with Crippen LogP contribution in [0.5, 0.6) is 0 Å². The van der Waals surface area contributed by atoms with E-state index in [9.17, 15) is 5.11 Å². The molecule has 0 aromatic rings. The zero-order chi connectivity index (χ0) is 15.4. The molecule has 2 fully saturated rings. The number of aliphatic hydroxyl groups is 1. The van der Waals surface area contributed by atoms with E-state index in [-0.39, 0.29) is 5.04 Å². The van der Waals surface area contributed by atoms with Crippen molar-refractivity contribution in [2.24, 2.45) is 11.8 Å². The van der Waals surface area contributed by atoms with E-state index in [2.05, 4.69) is 47.7 Å². The van der Waals surface area contributed by atoms with Gasteiger partial charge in [-0.3, -0.25) is 0 Å². The number of hydrogen-bond donors (Lipinski definition) is 1. The number of hydrogen-bond acceptors (Lipinski definition) is 3. The van der Waals surface area contributed by atoms with Crippen LogP contribution >= 0.6 is 0 Å². The molecular weight excluding hydrogens is 268 g/mol. The fraction of sp³-hybridized carbons (Fsp3) is 1.00. The van der Waals surface area contributed by atoms with E-state index < -0.39 is 19.5 Å². The molecule has 1 saturated heterocycles. The van der Waals surface area contributed by atoms with Gasteiger partial charge in [0.1, 0.15) is 5.60 Å². The Labute approximate surface area is 125 Å². The van der Waals surface area contributed by atoms with E-state index >= 15 is 0 Å². The molecule has 2 rings (SSSR count). The monoisotopic (exact) mass is 300 g/mol. The Bertz CT molecular complexity index is 376. The molecule has 4 heteroatoms. The minimum atomic E-state index is -1.84. The Balaban J connectivity index is 2.16. The Hall–Kier alpha value is 0.0969. The van der Waals surface area contributed by atoms with Crippen molar-refractivity contribution < 1.29 is 14.3 Å². The van der Waals surface area contributed by atoms with Crippen LogP contribution in [0.1, 0.15) is 47.5 Å². The van der Waals surface area contributed by atoms with Gasteiger partial charge in [0.25, 0.3) is 0 Å². The second kappa shape index (κ2) is 4.80. The third kappa shape index (κ3) is 2.38. The molecule has 1 heterocycles. The quantitative estimate of drug-likeness (QED) is 0.810. The van der Waals surface area contributed by atoms with Crippen molar-refractivity contribution in [3.8, 4) is 0 Å². The first-order chi connectivity index (χ1) is 8.93. The number of fused-ring (bicyclic) bond motifs is 2. The molecule has 0 amide bonds. The normalized spacial score (nSPS) is 42.0. The van der Waals surface area contributed by atoms with Gasteiger partial charge >= 0.3 is 0 Å². The van der Waals surface area contributed by atoms with Crippen LogP contribution in [0, 0.1) is 11.8 Å². The molecule has 4 atom stereocenters. The van der Waals surface area contributed by atoms with Crippen molar-refractivity contribution in [3.05, 3.63) is 0 Å². The van der Waals surface area contributed by atoms with Crippen LogP contribution in [0.2, 0.25) is 18.1 Å². The minimum absolute atomic E-state index is 0.171. The smallest absolute Gasteiger partial charge is 0.192 e. The van der Waals surface area contributed by atoms with Crippen LogP contribution in [0.25, 0.3) is 0 Å². The molecule has 0 aromatic carbocycles. The zero-order valence-corrected chi connectivity index (χ0v) is 15.2. The second-order valence-corrected chi connectivity index (χ2v) is 13.4. The molecule has 3 nitrogen and oxygen atoms in total. The van der Waals surface area contributed by atoms with Gasteiger partial charge < -0.3 is 14.3 Å². The van der Waals surface area contributed by atoms with Crippen LogP contribution in [0.15, 0.2) is 0 Å². The minimum Gasteiger partial charge on any atom is -0.414 e. The summed E-state index contributed by atoms with van der Waals surface area (Å²) in [7, 11) is -1.84. The Morgan fingerprint density at radius 3 is 2.50 bits per heavy atom. The van der Waals surface area contributed by atoms with Gasteiger partial charge in [0.05, 0.1) is 18.8 Å². The van der Waals surface area contributed by atoms with Crippen molar-refractivity contribution in [2.75, 3.05) is 13.2 Å². The lowest BCUT2D eigenvalue weighted by Gasteiger charge is -2.50. The highest BCUT2D eigenvalue weighted by atomic mass is 28.4. The van der Waals surface area contributed by atoms with Gasteiger partial charge in [-0.1, -0.05) is 27.7 Å². The van der Waals surface area contributed by atoms with Gasteiger partial charge in [0.15, 0.2) is 8.32 Å². The van der Waals surface area contributed by atoms with Gasteiger partial charge in [0.2, 0.25) is 0 Å². The number of rotatable bonds is 3. The summed E-state index contributed by atoms with van der Waals surface area (Å²) in [6, 6.07) is 0. The number of ether oxygens (including phenoxy) is 1. The van der Waals surface area contributed by atoms with E-state index in [1.165, 1.54) is 0 Å². The molecular formula is C16H32O3Si. The molecule has 1 aliphatic carbocycles. The molecule has 118 valence electrons. The average molecular weight is 301 g/mol. The Kier molecular flexibility index (Phi) is 3.95. The van der Waals surface area contributed by atoms with E-state index in [1.807, 2.05) is 0 Å². The van der Waals surface area contributed by atoms with Crippen molar-refractivity contribution in [3.63, 3.8) is 0 Å². The lowest BCUT2D eigenvalue weighted by molar-refractivity contribution is -0.231. The topological polar surface area (TPSA) is 38.7 Å². The van der Waals surface area contributed by atoms with E-state index in [0.29, 0.717) is 18.4 Å². The maximum absolute atomic E-state index is 11.3. The van der Waals surface area contributed by atoms with Gasteiger partial charge in [0, 0.05) is 0 Å². The molecule has 1 aliphatic heterocycles. The summed E-state index contributed by atoms with van der Waals surface area (Å²) < 4.78 is 12.4. The Morgan fingerprint density at radius 1 is 1.35 bits per heavy atom. The molecule has 20 heavy (non-hydrogen) atoms. The highest BCUT2D eigenvalue weighted by Gasteiger charge is 2.62. The van der Waals surface area contributed by atoms with Crippen LogP contribution < -0.4 is 0 Å². The van der Waals surface area contributed by atoms with Crippen LogP contribution in [0.4, 0.5) is 0 Å². The van der Waals surface area contributed by atoms with Crippen molar-refractivity contribution in [1.29, 1.82) is 0 Å². The fourth-order valence-corrected chi connectivity index (χ4v) is 4.44. The van der Waals surface area contributed by atoms with Gasteiger partial charge in [-0.15, -0.1) is 0 Å². The molecule has 0 aromatic heterocycles. The van der Waals surface area contributed by atoms with E-state index in [0.717, 1.165) is 19.4 Å².